The maximum atomic E-state index is 11.9. The van der Waals surface area contributed by atoms with Gasteiger partial charge in [0.1, 0.15) is 43.0 Å². The molecule has 0 radical (unpaired) electrons. The molecular formula is C51H63N14O6+. The maximum absolute atomic E-state index is 11.9. The van der Waals surface area contributed by atoms with Gasteiger partial charge in [0.2, 0.25) is 11.6 Å². The first-order valence-electron chi connectivity index (χ1n) is 25.6. The summed E-state index contributed by atoms with van der Waals surface area (Å²) in [5.41, 5.74) is 8.40. The van der Waals surface area contributed by atoms with Crippen LogP contribution in [0.3, 0.4) is 0 Å². The van der Waals surface area contributed by atoms with Crippen LogP contribution in [-0.4, -0.2) is 94.2 Å². The second-order valence-electron chi connectivity index (χ2n) is 20.7. The van der Waals surface area contributed by atoms with Crippen LogP contribution in [0.5, 0.6) is 11.5 Å². The van der Waals surface area contributed by atoms with Gasteiger partial charge in [-0.1, -0.05) is 17.4 Å². The summed E-state index contributed by atoms with van der Waals surface area (Å²) in [4.78, 5) is 43.7. The van der Waals surface area contributed by atoms with Crippen molar-refractivity contribution in [1.29, 1.82) is 0 Å². The standard InChI is InChI=1S/C51H62N14O6/c1-29(38-20-21-52-51(56-38)53-25-41-47(58-59-62(41)2)39-16-18-43(45(54-39)31-12-13-31)70-36-8-4-6-33(23-36)49(66)67)26-65-48(42(63(3)61-65)28-64-27-35(57-60-64)22-30-10-11-30)40-17-19-44(46(55-40)32-14-15-32)71-37-9-5-7-34(24-37)50(68)69/h16-21,27,29-34,36-37H,4-15,22-26,28H2,1-3H3,(H2-,52,53,56,66,67,68,69)/p+1/t29?,33-,34-,36-,37-/m0/s1. The van der Waals surface area contributed by atoms with Gasteiger partial charge < -0.3 is 25.0 Å². The van der Waals surface area contributed by atoms with Crippen molar-refractivity contribution in [2.24, 2.45) is 31.8 Å². The number of carbonyl (C=O) groups is 2. The highest BCUT2D eigenvalue weighted by Gasteiger charge is 2.37. The number of carboxylic acids is 2. The summed E-state index contributed by atoms with van der Waals surface area (Å²) in [5.74, 6) is 0.824. The number of anilines is 1. The average Bonchev–Trinajstić information content (AvgIpc) is 4.30. The number of hydrogen-bond acceptors (Lipinski definition) is 14. The van der Waals surface area contributed by atoms with E-state index in [-0.39, 0.29) is 30.0 Å². The van der Waals surface area contributed by atoms with Gasteiger partial charge in [0, 0.05) is 37.2 Å². The highest BCUT2D eigenvalue weighted by molar-refractivity contribution is 5.70. The van der Waals surface area contributed by atoms with Crippen LogP contribution in [0.4, 0.5) is 5.95 Å². The van der Waals surface area contributed by atoms with E-state index in [0.29, 0.717) is 74.5 Å². The Kier molecular flexibility index (Phi) is 12.9. The van der Waals surface area contributed by atoms with E-state index in [4.69, 9.17) is 29.6 Å². The predicted molar refractivity (Wildman–Crippen MR) is 256 cm³/mol. The Balaban J connectivity index is 0.827. The molecule has 0 saturated heterocycles. The molecule has 0 aromatic carbocycles. The van der Waals surface area contributed by atoms with Gasteiger partial charge in [-0.2, -0.15) is 0 Å². The highest BCUT2D eigenvalue weighted by atomic mass is 16.5. The Morgan fingerprint density at radius 1 is 0.761 bits per heavy atom. The Hall–Kier alpha value is -6.86. The fourth-order valence-corrected chi connectivity index (χ4v) is 10.4. The van der Waals surface area contributed by atoms with Crippen LogP contribution in [0.15, 0.2) is 42.7 Å². The molecule has 0 bridgehead atoms. The first-order valence-corrected chi connectivity index (χ1v) is 25.6. The number of carboxylic acid groups (broad SMARTS) is 2. The molecule has 6 heterocycles. The molecule has 6 aromatic heterocycles. The van der Waals surface area contributed by atoms with Gasteiger partial charge in [-0.3, -0.25) is 9.59 Å². The summed E-state index contributed by atoms with van der Waals surface area (Å²) in [6.07, 6.45) is 16.7. The topological polar surface area (TPSA) is 240 Å². The van der Waals surface area contributed by atoms with Crippen molar-refractivity contribution in [3.05, 3.63) is 76.9 Å². The van der Waals surface area contributed by atoms with Gasteiger partial charge in [0.15, 0.2) is 5.69 Å². The Morgan fingerprint density at radius 2 is 1.41 bits per heavy atom. The molecule has 5 atom stereocenters. The summed E-state index contributed by atoms with van der Waals surface area (Å²) >= 11 is 0. The zero-order chi connectivity index (χ0) is 48.8. The number of nitrogens with one attached hydrogen (secondary N) is 1. The molecule has 372 valence electrons. The normalized spacial score (nSPS) is 21.7. The number of aryl methyl sites for hydroxylation is 2. The molecule has 71 heavy (non-hydrogen) atoms. The summed E-state index contributed by atoms with van der Waals surface area (Å²) in [6, 6.07) is 9.83. The molecule has 20 nitrogen and oxygen atoms in total. The van der Waals surface area contributed by atoms with Crippen molar-refractivity contribution in [1.82, 2.24) is 59.8 Å². The fraction of sp³-hybridized carbons (Fsp3) is 0.569. The van der Waals surface area contributed by atoms with Crippen LogP contribution in [0.1, 0.15) is 149 Å². The van der Waals surface area contributed by atoms with Crippen LogP contribution < -0.4 is 19.5 Å². The summed E-state index contributed by atoms with van der Waals surface area (Å²) in [7, 11) is 3.81. The predicted octanol–water partition coefficient (Wildman–Crippen LogP) is 6.56. The average molecular weight is 968 g/mol. The van der Waals surface area contributed by atoms with E-state index in [9.17, 15) is 19.8 Å². The smallest absolute Gasteiger partial charge is 0.306 e. The second-order valence-corrected chi connectivity index (χ2v) is 20.7. The van der Waals surface area contributed by atoms with Crippen molar-refractivity contribution >= 4 is 17.9 Å². The number of aromatic nitrogens is 13. The summed E-state index contributed by atoms with van der Waals surface area (Å²) in [6.45, 7) is 3.42. The van der Waals surface area contributed by atoms with Crippen molar-refractivity contribution in [3.8, 4) is 34.3 Å². The lowest BCUT2D eigenvalue weighted by molar-refractivity contribution is -0.747. The molecule has 20 heteroatoms. The minimum absolute atomic E-state index is 0.0936. The van der Waals surface area contributed by atoms with E-state index < -0.39 is 17.9 Å². The lowest BCUT2D eigenvalue weighted by Gasteiger charge is -2.28. The molecular weight excluding hydrogens is 905 g/mol. The number of hydrogen-bond donors (Lipinski definition) is 3. The van der Waals surface area contributed by atoms with Gasteiger partial charge in [0.05, 0.1) is 70.0 Å². The number of nitrogens with zero attached hydrogens (tertiary/aromatic N) is 13. The fourth-order valence-electron chi connectivity index (χ4n) is 10.4. The van der Waals surface area contributed by atoms with Crippen LogP contribution >= 0.6 is 0 Å². The zero-order valence-electron chi connectivity index (χ0n) is 40.7. The number of pyridine rings is 2. The molecule has 1 unspecified atom stereocenters. The number of ether oxygens (including phenoxy) is 2. The Bertz CT molecular complexity index is 2920. The molecule has 5 saturated carbocycles. The van der Waals surface area contributed by atoms with Gasteiger partial charge in [-0.05, 0) is 133 Å². The van der Waals surface area contributed by atoms with E-state index in [1.807, 2.05) is 64.7 Å². The number of aliphatic carboxylic acids is 2. The molecule has 0 aliphatic heterocycles. The maximum Gasteiger partial charge on any atom is 0.306 e. The summed E-state index contributed by atoms with van der Waals surface area (Å²) < 4.78 is 20.6. The van der Waals surface area contributed by atoms with Crippen LogP contribution in [0, 0.1) is 17.8 Å². The van der Waals surface area contributed by atoms with Gasteiger partial charge in [0.25, 0.3) is 0 Å². The molecule has 5 fully saturated rings. The Labute approximate surface area is 411 Å². The van der Waals surface area contributed by atoms with Gasteiger partial charge in [-0.25, -0.2) is 29.3 Å². The minimum Gasteiger partial charge on any atom is -0.488 e. The van der Waals surface area contributed by atoms with E-state index in [2.05, 4.69) is 37.8 Å². The summed E-state index contributed by atoms with van der Waals surface area (Å²) in [5, 5.41) is 45.9. The van der Waals surface area contributed by atoms with E-state index >= 15 is 0 Å². The third kappa shape index (κ3) is 10.6. The second kappa shape index (κ2) is 19.7. The van der Waals surface area contributed by atoms with Crippen molar-refractivity contribution < 1.29 is 34.0 Å². The minimum atomic E-state index is -0.755. The van der Waals surface area contributed by atoms with Crippen LogP contribution in [-0.2, 0) is 49.7 Å². The van der Waals surface area contributed by atoms with Crippen LogP contribution in [0.2, 0.25) is 0 Å². The van der Waals surface area contributed by atoms with Crippen molar-refractivity contribution in [2.45, 2.75) is 153 Å². The molecule has 6 aromatic rings. The lowest BCUT2D eigenvalue weighted by atomic mass is 9.87. The SMILES string of the molecule is CC(C[n+]1nn(C)c(Cn2cc(CC3CC3)nn2)c1-c1ccc(O[C@H]2CCC[C@H](C(=O)O)C2)c(C2CC2)n1)c1ccnc(NCc2c(-c3ccc(O[C@H]4CCC[C@H](C(=O)O)C4)c(C4CC4)n3)nnn2C)n1. The molecule has 0 amide bonds. The third-order valence-corrected chi connectivity index (χ3v) is 15.0. The molecule has 0 spiro atoms. The third-order valence-electron chi connectivity index (χ3n) is 15.0. The quantitative estimate of drug-likeness (QED) is 0.0687. The first-order chi connectivity index (χ1) is 34.5. The van der Waals surface area contributed by atoms with E-state index in [0.717, 1.165) is 115 Å². The zero-order valence-corrected chi connectivity index (χ0v) is 40.7. The lowest BCUT2D eigenvalue weighted by Crippen LogP contribution is -2.41. The first kappa shape index (κ1) is 46.5. The molecule has 5 aliphatic rings. The van der Waals surface area contributed by atoms with Gasteiger partial charge >= 0.3 is 11.9 Å². The van der Waals surface area contributed by atoms with Crippen LogP contribution in [0.25, 0.3) is 22.8 Å². The molecule has 11 rings (SSSR count). The van der Waals surface area contributed by atoms with E-state index in [1.54, 1.807) is 10.9 Å². The number of rotatable bonds is 20. The largest absolute Gasteiger partial charge is 0.488 e. The Morgan fingerprint density at radius 3 is 2.04 bits per heavy atom. The monoisotopic (exact) mass is 968 g/mol. The van der Waals surface area contributed by atoms with E-state index in [1.165, 1.54) is 12.8 Å². The van der Waals surface area contributed by atoms with Crippen molar-refractivity contribution in [2.75, 3.05) is 5.32 Å². The molecule has 5 aliphatic carbocycles. The molecule has 3 N–H and O–H groups in total. The highest BCUT2D eigenvalue weighted by Crippen LogP contribution is 2.46. The van der Waals surface area contributed by atoms with Crippen molar-refractivity contribution in [3.63, 3.8) is 0 Å². The van der Waals surface area contributed by atoms with Gasteiger partial charge in [-0.15, -0.1) is 19.6 Å².